The topological polar surface area (TPSA) is 25.8 Å². The quantitative estimate of drug-likeness (QED) is 0.751. The molecule has 1 aromatic carbocycles. The summed E-state index contributed by atoms with van der Waals surface area (Å²) < 4.78 is 0. The van der Waals surface area contributed by atoms with Gasteiger partial charge in [0.1, 0.15) is 16.6 Å². The lowest BCUT2D eigenvalue weighted by Crippen LogP contribution is -1.94. The Kier molecular flexibility index (Phi) is 3.19. The van der Waals surface area contributed by atoms with Gasteiger partial charge < -0.3 is 0 Å². The highest BCUT2D eigenvalue weighted by molar-refractivity contribution is 6.34. The Morgan fingerprint density at radius 2 is 1.53 bits per heavy atom. The van der Waals surface area contributed by atoms with E-state index in [2.05, 4.69) is 9.97 Å². The van der Waals surface area contributed by atoms with Crippen LogP contribution in [0.25, 0.3) is 0 Å². The summed E-state index contributed by atoms with van der Waals surface area (Å²) in [6, 6.07) is 9.94. The molecule has 0 aliphatic rings. The van der Waals surface area contributed by atoms with Crippen molar-refractivity contribution in [2.45, 2.75) is 6.42 Å². The highest BCUT2D eigenvalue weighted by Gasteiger charge is 2.08. The van der Waals surface area contributed by atoms with Crippen molar-refractivity contribution >= 4 is 23.2 Å². The van der Waals surface area contributed by atoms with E-state index in [1.807, 2.05) is 30.3 Å². The summed E-state index contributed by atoms with van der Waals surface area (Å²) in [5.74, 6) is 0. The molecule has 0 aliphatic carbocycles. The minimum Gasteiger partial charge on any atom is -0.224 e. The van der Waals surface area contributed by atoms with E-state index in [1.165, 1.54) is 6.33 Å². The van der Waals surface area contributed by atoms with Crippen molar-refractivity contribution in [2.75, 3.05) is 0 Å². The number of halogens is 2. The van der Waals surface area contributed by atoms with Crippen LogP contribution in [-0.4, -0.2) is 9.97 Å². The van der Waals surface area contributed by atoms with Crippen molar-refractivity contribution in [3.63, 3.8) is 0 Å². The van der Waals surface area contributed by atoms with Crippen molar-refractivity contribution in [1.82, 2.24) is 9.97 Å². The zero-order valence-electron chi connectivity index (χ0n) is 7.82. The number of nitrogens with zero attached hydrogens (tertiary/aromatic N) is 2. The van der Waals surface area contributed by atoms with Gasteiger partial charge in [-0.2, -0.15) is 0 Å². The summed E-state index contributed by atoms with van der Waals surface area (Å²) in [5.41, 5.74) is 1.91. The average molecular weight is 239 g/mol. The molecule has 76 valence electrons. The molecule has 0 unspecified atom stereocenters. The van der Waals surface area contributed by atoms with Gasteiger partial charge in [0.2, 0.25) is 0 Å². The predicted octanol–water partition coefficient (Wildman–Crippen LogP) is 3.37. The number of aromatic nitrogens is 2. The SMILES string of the molecule is Clc1ncnc(Cl)c1Cc1ccccc1. The van der Waals surface area contributed by atoms with Gasteiger partial charge in [0, 0.05) is 12.0 Å². The smallest absolute Gasteiger partial charge is 0.137 e. The molecular formula is C11H8Cl2N2. The first-order valence-corrected chi connectivity index (χ1v) is 5.22. The van der Waals surface area contributed by atoms with E-state index in [9.17, 15) is 0 Å². The Balaban J connectivity index is 2.32. The first-order valence-electron chi connectivity index (χ1n) is 4.46. The standard InChI is InChI=1S/C11H8Cl2N2/c12-10-9(11(13)15-7-14-10)6-8-4-2-1-3-5-8/h1-5,7H,6H2. The van der Waals surface area contributed by atoms with Gasteiger partial charge >= 0.3 is 0 Å². The number of benzene rings is 1. The summed E-state index contributed by atoms with van der Waals surface area (Å²) in [5, 5.41) is 0.831. The molecule has 0 spiro atoms. The summed E-state index contributed by atoms with van der Waals surface area (Å²) in [6.45, 7) is 0. The van der Waals surface area contributed by atoms with Crippen LogP contribution < -0.4 is 0 Å². The third-order valence-corrected chi connectivity index (χ3v) is 2.72. The number of hydrogen-bond donors (Lipinski definition) is 0. The van der Waals surface area contributed by atoms with Crippen LogP contribution in [0.3, 0.4) is 0 Å². The second-order valence-corrected chi connectivity index (χ2v) is 3.81. The van der Waals surface area contributed by atoms with Crippen molar-refractivity contribution in [3.8, 4) is 0 Å². The molecule has 2 rings (SSSR count). The van der Waals surface area contributed by atoms with Crippen molar-refractivity contribution in [1.29, 1.82) is 0 Å². The van der Waals surface area contributed by atoms with E-state index >= 15 is 0 Å². The molecule has 0 radical (unpaired) electrons. The number of rotatable bonds is 2. The summed E-state index contributed by atoms with van der Waals surface area (Å²) in [4.78, 5) is 7.81. The Bertz CT molecular complexity index is 437. The van der Waals surface area contributed by atoms with Crippen LogP contribution in [0.4, 0.5) is 0 Å². The summed E-state index contributed by atoms with van der Waals surface area (Å²) >= 11 is 11.9. The highest BCUT2D eigenvalue weighted by Crippen LogP contribution is 2.22. The van der Waals surface area contributed by atoms with Crippen molar-refractivity contribution in [3.05, 3.63) is 58.1 Å². The van der Waals surface area contributed by atoms with E-state index < -0.39 is 0 Å². The first kappa shape index (κ1) is 10.4. The number of hydrogen-bond acceptors (Lipinski definition) is 2. The van der Waals surface area contributed by atoms with Crippen LogP contribution in [0.2, 0.25) is 10.3 Å². The van der Waals surface area contributed by atoms with E-state index in [1.54, 1.807) is 0 Å². The maximum atomic E-state index is 5.94. The van der Waals surface area contributed by atoms with Crippen LogP contribution in [0, 0.1) is 0 Å². The van der Waals surface area contributed by atoms with Crippen LogP contribution >= 0.6 is 23.2 Å². The van der Waals surface area contributed by atoms with E-state index in [-0.39, 0.29) is 0 Å². The van der Waals surface area contributed by atoms with Crippen molar-refractivity contribution in [2.24, 2.45) is 0 Å². The van der Waals surface area contributed by atoms with Gasteiger partial charge in [0.05, 0.1) is 0 Å². The molecule has 0 atom stereocenters. The van der Waals surface area contributed by atoms with Gasteiger partial charge in [-0.1, -0.05) is 53.5 Å². The monoisotopic (exact) mass is 238 g/mol. The fourth-order valence-electron chi connectivity index (χ4n) is 1.32. The van der Waals surface area contributed by atoms with Crippen LogP contribution in [-0.2, 0) is 6.42 Å². The van der Waals surface area contributed by atoms with E-state index in [0.29, 0.717) is 16.7 Å². The molecule has 2 aromatic rings. The van der Waals surface area contributed by atoms with Gasteiger partial charge in [-0.25, -0.2) is 9.97 Å². The van der Waals surface area contributed by atoms with Crippen molar-refractivity contribution < 1.29 is 0 Å². The Morgan fingerprint density at radius 1 is 0.933 bits per heavy atom. The summed E-state index contributed by atoms with van der Waals surface area (Å²) in [6.07, 6.45) is 2.01. The highest BCUT2D eigenvalue weighted by atomic mass is 35.5. The van der Waals surface area contributed by atoms with Gasteiger partial charge in [-0.05, 0) is 5.56 Å². The zero-order valence-corrected chi connectivity index (χ0v) is 9.33. The maximum Gasteiger partial charge on any atom is 0.137 e. The average Bonchev–Trinajstić information content (AvgIpc) is 2.25. The summed E-state index contributed by atoms with van der Waals surface area (Å²) in [7, 11) is 0. The van der Waals surface area contributed by atoms with Gasteiger partial charge in [0.25, 0.3) is 0 Å². The molecule has 0 saturated carbocycles. The van der Waals surface area contributed by atoms with Crippen LogP contribution in [0.5, 0.6) is 0 Å². The third kappa shape index (κ3) is 2.46. The lowest BCUT2D eigenvalue weighted by atomic mass is 10.1. The molecule has 0 bridgehead atoms. The Labute approximate surface area is 97.9 Å². The van der Waals surface area contributed by atoms with Crippen LogP contribution in [0.1, 0.15) is 11.1 Å². The second kappa shape index (κ2) is 4.60. The largest absolute Gasteiger partial charge is 0.224 e. The molecule has 2 nitrogen and oxygen atoms in total. The van der Waals surface area contributed by atoms with Crippen LogP contribution in [0.15, 0.2) is 36.7 Å². The fraction of sp³-hybridized carbons (Fsp3) is 0.0909. The molecule has 4 heteroatoms. The molecule has 0 amide bonds. The normalized spacial score (nSPS) is 10.3. The molecule has 0 aliphatic heterocycles. The molecule has 0 saturated heterocycles. The molecular weight excluding hydrogens is 231 g/mol. The molecule has 1 aromatic heterocycles. The van der Waals surface area contributed by atoms with E-state index in [0.717, 1.165) is 11.1 Å². The fourth-order valence-corrected chi connectivity index (χ4v) is 1.77. The minimum absolute atomic E-state index is 0.416. The minimum atomic E-state index is 0.416. The zero-order chi connectivity index (χ0) is 10.7. The molecule has 0 N–H and O–H groups in total. The van der Waals surface area contributed by atoms with Gasteiger partial charge in [-0.15, -0.1) is 0 Å². The van der Waals surface area contributed by atoms with Gasteiger partial charge in [0.15, 0.2) is 0 Å². The maximum absolute atomic E-state index is 5.94. The Morgan fingerprint density at radius 3 is 2.13 bits per heavy atom. The first-order chi connectivity index (χ1) is 7.27. The second-order valence-electron chi connectivity index (χ2n) is 3.10. The third-order valence-electron chi connectivity index (χ3n) is 2.06. The lowest BCUT2D eigenvalue weighted by Gasteiger charge is -2.04. The predicted molar refractivity (Wildman–Crippen MR) is 61.3 cm³/mol. The molecule has 0 fully saturated rings. The van der Waals surface area contributed by atoms with Gasteiger partial charge in [-0.3, -0.25) is 0 Å². The Hall–Kier alpha value is -1.12. The lowest BCUT2D eigenvalue weighted by molar-refractivity contribution is 1.07. The molecule has 15 heavy (non-hydrogen) atoms. The van der Waals surface area contributed by atoms with E-state index in [4.69, 9.17) is 23.2 Å². The molecule has 1 heterocycles.